The van der Waals surface area contributed by atoms with E-state index in [9.17, 15) is 0 Å². The highest BCUT2D eigenvalue weighted by atomic mass is 32.2. The summed E-state index contributed by atoms with van der Waals surface area (Å²) in [4.78, 5) is 2.35. The SMILES string of the molecule is CC(C)C(CNC1CSCC(C)(C)C1)N(C)C. The topological polar surface area (TPSA) is 15.3 Å². The van der Waals surface area contributed by atoms with Crippen LogP contribution in [-0.4, -0.2) is 49.1 Å². The van der Waals surface area contributed by atoms with Crippen LogP contribution in [0.4, 0.5) is 0 Å². The van der Waals surface area contributed by atoms with Crippen LogP contribution in [-0.2, 0) is 0 Å². The minimum absolute atomic E-state index is 0.506. The number of hydrogen-bond donors (Lipinski definition) is 1. The van der Waals surface area contributed by atoms with Gasteiger partial charge in [-0.2, -0.15) is 11.8 Å². The van der Waals surface area contributed by atoms with Crippen molar-refractivity contribution in [3.05, 3.63) is 0 Å². The van der Waals surface area contributed by atoms with Gasteiger partial charge in [0.2, 0.25) is 0 Å². The zero-order valence-electron chi connectivity index (χ0n) is 12.4. The summed E-state index contributed by atoms with van der Waals surface area (Å²) in [6.07, 6.45) is 1.32. The molecule has 1 saturated heterocycles. The first-order chi connectivity index (χ1) is 7.82. The van der Waals surface area contributed by atoms with E-state index in [1.54, 1.807) is 0 Å². The lowest BCUT2D eigenvalue weighted by atomic mass is 9.87. The highest BCUT2D eigenvalue weighted by Gasteiger charge is 2.28. The summed E-state index contributed by atoms with van der Waals surface area (Å²) < 4.78 is 0. The molecule has 0 aliphatic carbocycles. The number of nitrogens with zero attached hydrogens (tertiary/aromatic N) is 1. The maximum atomic E-state index is 3.78. The molecule has 1 N–H and O–H groups in total. The van der Waals surface area contributed by atoms with Gasteiger partial charge >= 0.3 is 0 Å². The maximum Gasteiger partial charge on any atom is 0.0237 e. The lowest BCUT2D eigenvalue weighted by Crippen LogP contribution is -2.48. The van der Waals surface area contributed by atoms with Crippen molar-refractivity contribution in [2.75, 3.05) is 32.1 Å². The highest BCUT2D eigenvalue weighted by molar-refractivity contribution is 7.99. The van der Waals surface area contributed by atoms with Gasteiger partial charge in [0.05, 0.1) is 0 Å². The first kappa shape index (κ1) is 15.3. The predicted octanol–water partition coefficient (Wildman–Crippen LogP) is 2.69. The number of hydrogen-bond acceptors (Lipinski definition) is 3. The van der Waals surface area contributed by atoms with E-state index in [2.05, 4.69) is 63.8 Å². The summed E-state index contributed by atoms with van der Waals surface area (Å²) in [7, 11) is 4.37. The second kappa shape index (κ2) is 6.44. The summed E-state index contributed by atoms with van der Waals surface area (Å²) in [6, 6.07) is 1.34. The molecule has 1 aliphatic rings. The van der Waals surface area contributed by atoms with Crippen LogP contribution < -0.4 is 5.32 Å². The van der Waals surface area contributed by atoms with Crippen molar-refractivity contribution >= 4 is 11.8 Å². The lowest BCUT2D eigenvalue weighted by molar-refractivity contribution is 0.211. The van der Waals surface area contributed by atoms with Gasteiger partial charge in [0.25, 0.3) is 0 Å². The van der Waals surface area contributed by atoms with Crippen LogP contribution in [0.1, 0.15) is 34.1 Å². The van der Waals surface area contributed by atoms with E-state index in [0.717, 1.165) is 6.54 Å². The van der Waals surface area contributed by atoms with Crippen LogP contribution in [0.2, 0.25) is 0 Å². The molecule has 0 aromatic heterocycles. The molecule has 1 aliphatic heterocycles. The van der Waals surface area contributed by atoms with Gasteiger partial charge in [-0.3, -0.25) is 0 Å². The van der Waals surface area contributed by atoms with E-state index in [-0.39, 0.29) is 0 Å². The molecule has 2 unspecified atom stereocenters. The molecule has 102 valence electrons. The number of nitrogens with one attached hydrogen (secondary N) is 1. The second-order valence-electron chi connectivity index (χ2n) is 6.76. The fraction of sp³-hybridized carbons (Fsp3) is 1.00. The number of thioether (sulfide) groups is 1. The van der Waals surface area contributed by atoms with Crippen molar-refractivity contribution in [2.24, 2.45) is 11.3 Å². The molecule has 0 radical (unpaired) electrons. The van der Waals surface area contributed by atoms with Gasteiger partial charge in [-0.15, -0.1) is 0 Å². The van der Waals surface area contributed by atoms with Crippen molar-refractivity contribution in [3.8, 4) is 0 Å². The number of likely N-dealkylation sites (N-methyl/N-ethyl adjacent to an activating group) is 1. The summed E-state index contributed by atoms with van der Waals surface area (Å²) in [5, 5.41) is 3.78. The van der Waals surface area contributed by atoms with Gasteiger partial charge in [-0.05, 0) is 37.6 Å². The monoisotopic (exact) mass is 258 g/mol. The first-order valence-corrected chi connectivity index (χ1v) is 7.95. The molecule has 0 aromatic carbocycles. The Bertz CT molecular complexity index is 218. The zero-order valence-corrected chi connectivity index (χ0v) is 13.2. The van der Waals surface area contributed by atoms with Gasteiger partial charge in [0.15, 0.2) is 0 Å². The molecule has 0 amide bonds. The fourth-order valence-corrected chi connectivity index (χ4v) is 4.00. The summed E-state index contributed by atoms with van der Waals surface area (Å²) >= 11 is 2.10. The van der Waals surface area contributed by atoms with Gasteiger partial charge in [0, 0.05) is 24.4 Å². The molecule has 1 rings (SSSR count). The van der Waals surface area contributed by atoms with Crippen molar-refractivity contribution in [1.82, 2.24) is 10.2 Å². The van der Waals surface area contributed by atoms with Crippen LogP contribution in [0.3, 0.4) is 0 Å². The largest absolute Gasteiger partial charge is 0.312 e. The van der Waals surface area contributed by atoms with E-state index >= 15 is 0 Å². The normalized spacial score (nSPS) is 26.5. The van der Waals surface area contributed by atoms with Crippen molar-refractivity contribution in [2.45, 2.75) is 46.2 Å². The number of rotatable bonds is 5. The Morgan fingerprint density at radius 1 is 1.35 bits per heavy atom. The molecule has 0 saturated carbocycles. The Balaban J connectivity index is 2.38. The molecular formula is C14H30N2S. The van der Waals surface area contributed by atoms with E-state index in [1.165, 1.54) is 17.9 Å². The fourth-order valence-electron chi connectivity index (χ4n) is 2.70. The molecule has 2 atom stereocenters. The van der Waals surface area contributed by atoms with E-state index < -0.39 is 0 Å². The summed E-state index contributed by atoms with van der Waals surface area (Å²) in [5.74, 6) is 3.30. The summed E-state index contributed by atoms with van der Waals surface area (Å²) in [6.45, 7) is 10.5. The van der Waals surface area contributed by atoms with Gasteiger partial charge in [0.1, 0.15) is 0 Å². The van der Waals surface area contributed by atoms with Crippen LogP contribution in [0.5, 0.6) is 0 Å². The van der Waals surface area contributed by atoms with E-state index in [4.69, 9.17) is 0 Å². The molecule has 0 aromatic rings. The van der Waals surface area contributed by atoms with Crippen LogP contribution in [0.25, 0.3) is 0 Å². The second-order valence-corrected chi connectivity index (χ2v) is 7.79. The minimum Gasteiger partial charge on any atom is -0.312 e. The first-order valence-electron chi connectivity index (χ1n) is 6.79. The van der Waals surface area contributed by atoms with Crippen molar-refractivity contribution < 1.29 is 0 Å². The molecule has 2 nitrogen and oxygen atoms in total. The maximum absolute atomic E-state index is 3.78. The molecule has 17 heavy (non-hydrogen) atoms. The molecule has 1 heterocycles. The molecule has 0 bridgehead atoms. The molecule has 0 spiro atoms. The third kappa shape index (κ3) is 5.19. The van der Waals surface area contributed by atoms with Gasteiger partial charge < -0.3 is 10.2 Å². The Kier molecular flexibility index (Phi) is 5.81. The third-order valence-electron chi connectivity index (χ3n) is 3.66. The predicted molar refractivity (Wildman–Crippen MR) is 79.8 cm³/mol. The van der Waals surface area contributed by atoms with Crippen molar-refractivity contribution in [1.29, 1.82) is 0 Å². The standard InChI is InChI=1S/C14H30N2S/c1-11(2)13(16(5)6)8-15-12-7-14(3,4)10-17-9-12/h11-13,15H,7-10H2,1-6H3. The average Bonchev–Trinajstić information content (AvgIpc) is 2.15. The molecule has 3 heteroatoms. The zero-order chi connectivity index (χ0) is 13.1. The van der Waals surface area contributed by atoms with Gasteiger partial charge in [-0.25, -0.2) is 0 Å². The molecular weight excluding hydrogens is 228 g/mol. The Labute approximate surface area is 112 Å². The Morgan fingerprint density at radius 2 is 2.00 bits per heavy atom. The average molecular weight is 258 g/mol. The third-order valence-corrected chi connectivity index (χ3v) is 5.28. The highest BCUT2D eigenvalue weighted by Crippen LogP contribution is 2.33. The smallest absolute Gasteiger partial charge is 0.0237 e. The van der Waals surface area contributed by atoms with Crippen molar-refractivity contribution in [3.63, 3.8) is 0 Å². The summed E-state index contributed by atoms with van der Waals surface area (Å²) in [5.41, 5.74) is 0.506. The van der Waals surface area contributed by atoms with E-state index in [1.807, 2.05) is 0 Å². The van der Waals surface area contributed by atoms with Gasteiger partial charge in [-0.1, -0.05) is 27.7 Å². The van der Waals surface area contributed by atoms with Crippen LogP contribution in [0.15, 0.2) is 0 Å². The van der Waals surface area contributed by atoms with Crippen LogP contribution in [0, 0.1) is 11.3 Å². The van der Waals surface area contributed by atoms with E-state index in [0.29, 0.717) is 23.4 Å². The lowest BCUT2D eigenvalue weighted by Gasteiger charge is -2.37. The Hall–Kier alpha value is 0.270. The Morgan fingerprint density at radius 3 is 2.47 bits per heavy atom. The minimum atomic E-state index is 0.506. The quantitative estimate of drug-likeness (QED) is 0.816. The van der Waals surface area contributed by atoms with Crippen LogP contribution >= 0.6 is 11.8 Å². The molecule has 1 fully saturated rings.